The zero-order chi connectivity index (χ0) is 18.6. The van der Waals surface area contributed by atoms with E-state index >= 15 is 0 Å². The maximum atomic E-state index is 12.0. The quantitative estimate of drug-likeness (QED) is 0.755. The van der Waals surface area contributed by atoms with Crippen molar-refractivity contribution in [2.45, 2.75) is 83.8 Å². The van der Waals surface area contributed by atoms with Crippen LogP contribution in [-0.2, 0) is 14.3 Å². The van der Waals surface area contributed by atoms with Crippen molar-refractivity contribution in [3.8, 4) is 0 Å². The molecule has 1 saturated heterocycles. The number of carbonyl (C=O) groups excluding carboxylic acids is 1. The standard InChI is InChI=1S/C23H37NO3/c1-15(25)24-20-13-16-17(22(2)9-4-3-5-19(20)22)8-10-23-14-26-11-12-27-21(23)7-6-18(16)23/h16-21H,3-14H2,1-2H3,(H,24,25)/t16-,17+,18+,19?,20+,21?,22-,23-/m1/s1. The first-order chi connectivity index (χ1) is 13.0. The second-order valence-corrected chi connectivity index (χ2v) is 10.5. The summed E-state index contributed by atoms with van der Waals surface area (Å²) >= 11 is 0. The van der Waals surface area contributed by atoms with E-state index in [1.54, 1.807) is 6.92 Å². The van der Waals surface area contributed by atoms with Crippen molar-refractivity contribution in [2.24, 2.45) is 34.5 Å². The number of hydrogen-bond donors (Lipinski definition) is 1. The van der Waals surface area contributed by atoms with E-state index < -0.39 is 0 Å². The molecule has 0 aromatic carbocycles. The largest absolute Gasteiger partial charge is 0.378 e. The average Bonchev–Trinajstić information content (AvgIpc) is 2.88. The van der Waals surface area contributed by atoms with Gasteiger partial charge in [-0.15, -0.1) is 0 Å². The topological polar surface area (TPSA) is 47.6 Å². The lowest BCUT2D eigenvalue weighted by atomic mass is 9.44. The fraction of sp³-hybridized carbons (Fsp3) is 0.957. The van der Waals surface area contributed by atoms with Crippen molar-refractivity contribution >= 4 is 5.91 Å². The van der Waals surface area contributed by atoms with Crippen molar-refractivity contribution in [3.63, 3.8) is 0 Å². The number of fused-ring (bicyclic) bond motifs is 4. The molecule has 152 valence electrons. The lowest BCUT2D eigenvalue weighted by Gasteiger charge is -2.62. The number of rotatable bonds is 1. The molecule has 0 aromatic heterocycles. The highest BCUT2D eigenvalue weighted by atomic mass is 16.5. The minimum Gasteiger partial charge on any atom is -0.378 e. The third-order valence-corrected chi connectivity index (χ3v) is 9.57. The molecule has 0 aromatic rings. The summed E-state index contributed by atoms with van der Waals surface area (Å²) in [5.41, 5.74) is 0.650. The Morgan fingerprint density at radius 1 is 1.00 bits per heavy atom. The molecule has 4 heteroatoms. The molecule has 1 N–H and O–H groups in total. The fourth-order valence-electron chi connectivity index (χ4n) is 8.61. The Kier molecular flexibility index (Phi) is 4.59. The first-order valence-corrected chi connectivity index (χ1v) is 11.5. The van der Waals surface area contributed by atoms with E-state index in [0.29, 0.717) is 23.5 Å². The lowest BCUT2D eigenvalue weighted by Crippen LogP contribution is -2.61. The van der Waals surface area contributed by atoms with Crippen molar-refractivity contribution < 1.29 is 14.3 Å². The van der Waals surface area contributed by atoms with Gasteiger partial charge in [0.25, 0.3) is 0 Å². The number of nitrogens with one attached hydrogen (secondary N) is 1. The van der Waals surface area contributed by atoms with E-state index in [2.05, 4.69) is 12.2 Å². The number of ether oxygens (including phenoxy) is 2. The van der Waals surface area contributed by atoms with E-state index in [1.165, 1.54) is 57.8 Å². The smallest absolute Gasteiger partial charge is 0.217 e. The Morgan fingerprint density at radius 2 is 1.89 bits per heavy atom. The van der Waals surface area contributed by atoms with Crippen LogP contribution in [0.25, 0.3) is 0 Å². The summed E-state index contributed by atoms with van der Waals surface area (Å²) in [6, 6.07) is 0.371. The van der Waals surface area contributed by atoms with Crippen molar-refractivity contribution in [2.75, 3.05) is 19.8 Å². The lowest BCUT2D eigenvalue weighted by molar-refractivity contribution is -0.151. The molecule has 5 fully saturated rings. The molecule has 0 bridgehead atoms. The minimum absolute atomic E-state index is 0.155. The molecule has 5 aliphatic rings. The van der Waals surface area contributed by atoms with Crippen LogP contribution in [0, 0.1) is 34.5 Å². The second-order valence-electron chi connectivity index (χ2n) is 10.5. The van der Waals surface area contributed by atoms with Crippen molar-refractivity contribution in [1.82, 2.24) is 5.32 Å². The molecule has 1 spiro atoms. The maximum Gasteiger partial charge on any atom is 0.217 e. The Morgan fingerprint density at radius 3 is 2.74 bits per heavy atom. The summed E-state index contributed by atoms with van der Waals surface area (Å²) < 4.78 is 12.4. The third-order valence-electron chi connectivity index (χ3n) is 9.57. The highest BCUT2D eigenvalue weighted by Gasteiger charge is 2.63. The predicted molar refractivity (Wildman–Crippen MR) is 104 cm³/mol. The van der Waals surface area contributed by atoms with Crippen LogP contribution in [0.15, 0.2) is 0 Å². The summed E-state index contributed by atoms with van der Waals surface area (Å²) in [5, 5.41) is 3.40. The fourth-order valence-corrected chi connectivity index (χ4v) is 8.61. The highest BCUT2D eigenvalue weighted by Crippen LogP contribution is 2.66. The summed E-state index contributed by atoms with van der Waals surface area (Å²) in [6.07, 6.45) is 12.1. The van der Waals surface area contributed by atoms with Crippen LogP contribution in [0.4, 0.5) is 0 Å². The number of carbonyl (C=O) groups is 1. The first-order valence-electron chi connectivity index (χ1n) is 11.5. The molecule has 2 unspecified atom stereocenters. The summed E-state index contributed by atoms with van der Waals surface area (Å²) in [5.74, 6) is 3.10. The van der Waals surface area contributed by atoms with E-state index in [1.807, 2.05) is 0 Å². The Labute approximate surface area is 164 Å². The van der Waals surface area contributed by atoms with Gasteiger partial charge < -0.3 is 14.8 Å². The average molecular weight is 376 g/mol. The van der Waals surface area contributed by atoms with Crippen LogP contribution in [0.5, 0.6) is 0 Å². The molecule has 4 nitrogen and oxygen atoms in total. The highest BCUT2D eigenvalue weighted by molar-refractivity contribution is 5.73. The van der Waals surface area contributed by atoms with Crippen LogP contribution in [0.2, 0.25) is 0 Å². The van der Waals surface area contributed by atoms with Gasteiger partial charge in [0.05, 0.1) is 25.9 Å². The van der Waals surface area contributed by atoms with Crippen LogP contribution in [-0.4, -0.2) is 37.9 Å². The molecule has 4 aliphatic carbocycles. The monoisotopic (exact) mass is 375 g/mol. The minimum atomic E-state index is 0.155. The normalized spacial score (nSPS) is 51.9. The Hall–Kier alpha value is -0.610. The summed E-state index contributed by atoms with van der Waals surface area (Å²) in [7, 11) is 0. The molecule has 0 radical (unpaired) electrons. The van der Waals surface area contributed by atoms with Gasteiger partial charge in [0, 0.05) is 18.4 Å². The summed E-state index contributed by atoms with van der Waals surface area (Å²) in [6.45, 7) is 6.70. The molecule has 1 amide bonds. The maximum absolute atomic E-state index is 12.0. The molecular weight excluding hydrogens is 338 g/mol. The number of hydrogen-bond acceptors (Lipinski definition) is 3. The molecule has 8 atom stereocenters. The molecule has 1 aliphatic heterocycles. The van der Waals surface area contributed by atoms with Crippen LogP contribution in [0.1, 0.15) is 71.6 Å². The second kappa shape index (κ2) is 6.73. The van der Waals surface area contributed by atoms with Gasteiger partial charge in [-0.1, -0.05) is 19.8 Å². The van der Waals surface area contributed by atoms with Gasteiger partial charge in [0.2, 0.25) is 5.91 Å². The van der Waals surface area contributed by atoms with Gasteiger partial charge in [-0.05, 0) is 74.0 Å². The molecular formula is C23H37NO3. The number of amides is 1. The molecule has 5 rings (SSSR count). The van der Waals surface area contributed by atoms with Gasteiger partial charge in [0.1, 0.15) is 0 Å². The molecule has 1 heterocycles. The van der Waals surface area contributed by atoms with Crippen molar-refractivity contribution in [1.29, 1.82) is 0 Å². The van der Waals surface area contributed by atoms with Crippen LogP contribution in [0.3, 0.4) is 0 Å². The SMILES string of the molecule is CC(=O)N[C@H]1C[C@H]2[C@@H]3CCC4OCCOC[C@@]43CC[C@@H]2[C@@]2(C)CCCCC12. The van der Waals surface area contributed by atoms with Gasteiger partial charge in [-0.3, -0.25) is 4.79 Å². The third kappa shape index (κ3) is 2.73. The Bertz CT molecular complexity index is 594. The predicted octanol–water partition coefficient (Wildman–Crippen LogP) is 3.93. The van der Waals surface area contributed by atoms with E-state index in [9.17, 15) is 4.79 Å². The molecule has 4 saturated carbocycles. The van der Waals surface area contributed by atoms with E-state index in [0.717, 1.165) is 37.6 Å². The van der Waals surface area contributed by atoms with Gasteiger partial charge in [0.15, 0.2) is 0 Å². The van der Waals surface area contributed by atoms with Crippen molar-refractivity contribution in [3.05, 3.63) is 0 Å². The van der Waals surface area contributed by atoms with Gasteiger partial charge in [-0.25, -0.2) is 0 Å². The first kappa shape index (κ1) is 18.4. The zero-order valence-corrected chi connectivity index (χ0v) is 17.2. The van der Waals surface area contributed by atoms with Crippen LogP contribution < -0.4 is 5.32 Å². The van der Waals surface area contributed by atoms with Gasteiger partial charge in [-0.2, -0.15) is 0 Å². The zero-order valence-electron chi connectivity index (χ0n) is 17.2. The van der Waals surface area contributed by atoms with Crippen LogP contribution >= 0.6 is 0 Å². The van der Waals surface area contributed by atoms with E-state index in [4.69, 9.17) is 9.47 Å². The van der Waals surface area contributed by atoms with Gasteiger partial charge >= 0.3 is 0 Å². The molecule has 27 heavy (non-hydrogen) atoms. The Balaban J connectivity index is 1.49. The van der Waals surface area contributed by atoms with E-state index in [-0.39, 0.29) is 11.3 Å². The summed E-state index contributed by atoms with van der Waals surface area (Å²) in [4.78, 5) is 12.0.